The fourth-order valence-electron chi connectivity index (χ4n) is 4.03. The number of carbonyl (C=O) groups is 1. The number of methoxy groups -OCH3 is 1. The molecule has 1 aliphatic rings. The van der Waals surface area contributed by atoms with Crippen molar-refractivity contribution in [3.8, 4) is 5.75 Å². The number of carbonyl (C=O) groups excluding carboxylic acids is 1. The Morgan fingerprint density at radius 1 is 1.14 bits per heavy atom. The lowest BCUT2D eigenvalue weighted by Gasteiger charge is -2.25. The third-order valence-corrected chi connectivity index (χ3v) is 7.52. The average Bonchev–Trinajstić information content (AvgIpc) is 3.16. The smallest absolute Gasteiger partial charge is 0.244 e. The van der Waals surface area contributed by atoms with E-state index >= 15 is 0 Å². The van der Waals surface area contributed by atoms with Crippen LogP contribution < -0.4 is 10.1 Å². The summed E-state index contributed by atoms with van der Waals surface area (Å²) in [5.41, 5.74) is 3.38. The minimum atomic E-state index is -3.75. The van der Waals surface area contributed by atoms with E-state index in [1.165, 1.54) is 4.31 Å². The zero-order valence-electron chi connectivity index (χ0n) is 17.4. The molecule has 156 valence electrons. The van der Waals surface area contributed by atoms with E-state index in [0.29, 0.717) is 42.0 Å². The van der Waals surface area contributed by atoms with Crippen molar-refractivity contribution in [3.63, 3.8) is 0 Å². The molecule has 3 rings (SSSR count). The van der Waals surface area contributed by atoms with E-state index < -0.39 is 16.1 Å². The number of benzene rings is 2. The number of hydrogen-bond donors (Lipinski definition) is 1. The van der Waals surface area contributed by atoms with Gasteiger partial charge in [0.2, 0.25) is 15.9 Å². The van der Waals surface area contributed by atoms with Crippen molar-refractivity contribution in [2.24, 2.45) is 0 Å². The summed E-state index contributed by atoms with van der Waals surface area (Å²) in [6, 6.07) is 10.5. The predicted octanol–water partition coefficient (Wildman–Crippen LogP) is 3.09. The summed E-state index contributed by atoms with van der Waals surface area (Å²) >= 11 is 0. The van der Waals surface area contributed by atoms with E-state index in [1.807, 2.05) is 57.2 Å². The van der Waals surface area contributed by atoms with Crippen molar-refractivity contribution in [1.29, 1.82) is 0 Å². The van der Waals surface area contributed by atoms with Crippen LogP contribution in [0.3, 0.4) is 0 Å². The van der Waals surface area contributed by atoms with E-state index in [9.17, 15) is 13.2 Å². The molecule has 29 heavy (non-hydrogen) atoms. The minimum Gasteiger partial charge on any atom is -0.497 e. The molecule has 0 saturated carbocycles. The fraction of sp³-hybridized carbons (Fsp3) is 0.409. The fourth-order valence-corrected chi connectivity index (χ4v) is 6.10. The third-order valence-electron chi connectivity index (χ3n) is 5.30. The summed E-state index contributed by atoms with van der Waals surface area (Å²) in [6.45, 7) is 6.26. The van der Waals surface area contributed by atoms with Crippen molar-refractivity contribution in [1.82, 2.24) is 9.62 Å². The minimum absolute atomic E-state index is 0.260. The summed E-state index contributed by atoms with van der Waals surface area (Å²) in [4.78, 5) is 13.1. The largest absolute Gasteiger partial charge is 0.497 e. The lowest BCUT2D eigenvalue weighted by molar-refractivity contribution is -0.124. The van der Waals surface area contributed by atoms with Gasteiger partial charge in [0.15, 0.2) is 0 Å². The second-order valence-electron chi connectivity index (χ2n) is 7.57. The molecule has 1 heterocycles. The molecule has 1 atom stereocenters. The van der Waals surface area contributed by atoms with E-state index in [2.05, 4.69) is 5.32 Å². The Hall–Kier alpha value is -2.38. The van der Waals surface area contributed by atoms with Crippen LogP contribution in [0.2, 0.25) is 0 Å². The molecular formula is C22H28N2O4S. The van der Waals surface area contributed by atoms with Crippen LogP contribution in [0, 0.1) is 20.8 Å². The second-order valence-corrected chi connectivity index (χ2v) is 9.39. The zero-order chi connectivity index (χ0) is 21.2. The van der Waals surface area contributed by atoms with Crippen molar-refractivity contribution in [2.45, 2.75) is 51.1 Å². The van der Waals surface area contributed by atoms with Crippen molar-refractivity contribution < 1.29 is 17.9 Å². The van der Waals surface area contributed by atoms with Crippen LogP contribution >= 0.6 is 0 Å². The summed E-state index contributed by atoms with van der Waals surface area (Å²) < 4.78 is 33.3. The number of sulfonamides is 1. The van der Waals surface area contributed by atoms with Gasteiger partial charge in [0.05, 0.1) is 12.0 Å². The SMILES string of the molecule is COc1ccc(CNC(=O)C2CCCN2S(=O)(=O)c2c(C)cc(C)cc2C)cc1. The molecule has 1 saturated heterocycles. The number of hydrogen-bond acceptors (Lipinski definition) is 4. The number of nitrogens with zero attached hydrogens (tertiary/aromatic N) is 1. The second kappa shape index (κ2) is 8.55. The van der Waals surface area contributed by atoms with Gasteiger partial charge in [0, 0.05) is 13.1 Å². The molecule has 2 aromatic rings. The maximum atomic E-state index is 13.4. The molecule has 0 spiro atoms. The standard InChI is InChI=1S/C22H28N2O4S/c1-15-12-16(2)21(17(3)13-15)29(26,27)24-11-5-6-20(24)22(25)23-14-18-7-9-19(28-4)10-8-18/h7-10,12-13,20H,5-6,11,14H2,1-4H3,(H,23,25). The van der Waals surface area contributed by atoms with Crippen LogP contribution in [0.1, 0.15) is 35.1 Å². The van der Waals surface area contributed by atoms with E-state index in [0.717, 1.165) is 16.9 Å². The Kier molecular flexibility index (Phi) is 6.29. The number of amides is 1. The number of aryl methyl sites for hydroxylation is 3. The predicted molar refractivity (Wildman–Crippen MR) is 112 cm³/mol. The highest BCUT2D eigenvalue weighted by Gasteiger charge is 2.40. The highest BCUT2D eigenvalue weighted by molar-refractivity contribution is 7.89. The van der Waals surface area contributed by atoms with Gasteiger partial charge in [-0.3, -0.25) is 4.79 Å². The number of ether oxygens (including phenoxy) is 1. The van der Waals surface area contributed by atoms with Crippen LogP contribution in [0.5, 0.6) is 5.75 Å². The van der Waals surface area contributed by atoms with Gasteiger partial charge in [-0.25, -0.2) is 8.42 Å². The van der Waals surface area contributed by atoms with Gasteiger partial charge in [0.25, 0.3) is 0 Å². The Morgan fingerprint density at radius 3 is 2.34 bits per heavy atom. The molecule has 1 amide bonds. The molecular weight excluding hydrogens is 388 g/mol. The topological polar surface area (TPSA) is 75.7 Å². The first-order chi connectivity index (χ1) is 13.7. The van der Waals surface area contributed by atoms with Crippen LogP contribution in [0.25, 0.3) is 0 Å². The number of rotatable bonds is 6. The molecule has 7 heteroatoms. The molecule has 1 unspecified atom stereocenters. The normalized spacial score (nSPS) is 17.3. The lowest BCUT2D eigenvalue weighted by atomic mass is 10.1. The summed E-state index contributed by atoms with van der Waals surface area (Å²) in [5.74, 6) is 0.487. The van der Waals surface area contributed by atoms with Crippen molar-refractivity contribution in [2.75, 3.05) is 13.7 Å². The summed E-state index contributed by atoms with van der Waals surface area (Å²) in [6.07, 6.45) is 1.20. The van der Waals surface area contributed by atoms with E-state index in [-0.39, 0.29) is 5.91 Å². The average molecular weight is 417 g/mol. The lowest BCUT2D eigenvalue weighted by Crippen LogP contribution is -2.45. The van der Waals surface area contributed by atoms with Gasteiger partial charge in [-0.2, -0.15) is 4.31 Å². The van der Waals surface area contributed by atoms with Gasteiger partial charge < -0.3 is 10.1 Å². The Labute approximate surface area is 172 Å². The first-order valence-electron chi connectivity index (χ1n) is 9.74. The monoisotopic (exact) mass is 416 g/mol. The highest BCUT2D eigenvalue weighted by atomic mass is 32.2. The van der Waals surface area contributed by atoms with Gasteiger partial charge in [-0.15, -0.1) is 0 Å². The Morgan fingerprint density at radius 2 is 1.76 bits per heavy atom. The molecule has 0 radical (unpaired) electrons. The maximum Gasteiger partial charge on any atom is 0.244 e. The van der Waals surface area contributed by atoms with Gasteiger partial charge in [0.1, 0.15) is 11.8 Å². The summed E-state index contributed by atoms with van der Waals surface area (Å²) in [5, 5.41) is 2.88. The molecule has 1 fully saturated rings. The molecule has 6 nitrogen and oxygen atoms in total. The van der Waals surface area contributed by atoms with Crippen LogP contribution in [-0.4, -0.2) is 38.3 Å². The molecule has 2 aromatic carbocycles. The first-order valence-corrected chi connectivity index (χ1v) is 11.2. The van der Waals surface area contributed by atoms with Crippen LogP contribution in [0.15, 0.2) is 41.3 Å². The maximum absolute atomic E-state index is 13.4. The zero-order valence-corrected chi connectivity index (χ0v) is 18.2. The molecule has 1 aliphatic heterocycles. The molecule has 0 aliphatic carbocycles. The van der Waals surface area contributed by atoms with Crippen molar-refractivity contribution in [3.05, 3.63) is 58.7 Å². The molecule has 1 N–H and O–H groups in total. The van der Waals surface area contributed by atoms with Gasteiger partial charge in [-0.05, 0) is 62.4 Å². The van der Waals surface area contributed by atoms with E-state index in [4.69, 9.17) is 4.74 Å². The van der Waals surface area contributed by atoms with Crippen LogP contribution in [0.4, 0.5) is 0 Å². The first kappa shape index (κ1) is 21.3. The van der Waals surface area contributed by atoms with Crippen LogP contribution in [-0.2, 0) is 21.4 Å². The summed E-state index contributed by atoms with van der Waals surface area (Å²) in [7, 11) is -2.15. The van der Waals surface area contributed by atoms with Gasteiger partial charge in [-0.1, -0.05) is 29.8 Å². The number of nitrogens with one attached hydrogen (secondary N) is 1. The quantitative estimate of drug-likeness (QED) is 0.785. The molecule has 0 bridgehead atoms. The van der Waals surface area contributed by atoms with E-state index in [1.54, 1.807) is 7.11 Å². The Bertz CT molecular complexity index is 977. The highest BCUT2D eigenvalue weighted by Crippen LogP contribution is 2.30. The van der Waals surface area contributed by atoms with Crippen molar-refractivity contribution >= 4 is 15.9 Å². The molecule has 0 aromatic heterocycles. The van der Waals surface area contributed by atoms with Gasteiger partial charge >= 0.3 is 0 Å². The Balaban J connectivity index is 1.77. The third kappa shape index (κ3) is 4.46.